The molecule has 0 saturated heterocycles. The highest BCUT2D eigenvalue weighted by atomic mass is 32.2. The van der Waals surface area contributed by atoms with Crippen LogP contribution in [0.3, 0.4) is 0 Å². The second-order valence-electron chi connectivity index (χ2n) is 6.95. The Morgan fingerprint density at radius 3 is 2.89 bits per heavy atom. The minimum atomic E-state index is -0.998. The molecule has 0 aliphatic carbocycles. The van der Waals surface area contributed by atoms with Crippen molar-refractivity contribution < 1.29 is 4.21 Å². The van der Waals surface area contributed by atoms with Crippen LogP contribution in [0.4, 0.5) is 5.82 Å². The van der Waals surface area contributed by atoms with Gasteiger partial charge in [-0.2, -0.15) is 10.2 Å². The van der Waals surface area contributed by atoms with Gasteiger partial charge in [-0.3, -0.25) is 9.78 Å². The van der Waals surface area contributed by atoms with Crippen LogP contribution in [0.5, 0.6) is 0 Å². The molecule has 4 N–H and O–H groups in total. The number of pyridine rings is 1. The highest BCUT2D eigenvalue weighted by Crippen LogP contribution is 2.29. The number of nitrogens with one attached hydrogen (secondary N) is 2. The number of nitrogens with zero attached hydrogens (tertiary/aromatic N) is 4. The summed E-state index contributed by atoms with van der Waals surface area (Å²) in [6.07, 6.45) is 4.47. The Morgan fingerprint density at radius 1 is 1.29 bits per heavy atom. The number of fused-ring (bicyclic) bond motifs is 3. The average molecular weight is 398 g/mol. The first-order valence-corrected chi connectivity index (χ1v) is 10.4. The zero-order valence-electron chi connectivity index (χ0n) is 15.8. The van der Waals surface area contributed by atoms with Crippen molar-refractivity contribution in [3.8, 4) is 11.3 Å². The third-order valence-electron chi connectivity index (χ3n) is 4.58. The van der Waals surface area contributed by atoms with Crippen molar-refractivity contribution in [3.05, 3.63) is 36.7 Å². The molecule has 8 nitrogen and oxygen atoms in total. The molecule has 0 radical (unpaired) electrons. The second kappa shape index (κ2) is 7.69. The van der Waals surface area contributed by atoms with Crippen molar-refractivity contribution in [2.75, 3.05) is 12.3 Å². The summed E-state index contributed by atoms with van der Waals surface area (Å²) in [6, 6.07) is 7.95. The van der Waals surface area contributed by atoms with Crippen molar-refractivity contribution in [2.24, 2.45) is 0 Å². The summed E-state index contributed by atoms with van der Waals surface area (Å²) < 4.78 is 16.7. The number of nitrogens with two attached hydrogens (primary N) is 1. The zero-order valence-corrected chi connectivity index (χ0v) is 16.7. The van der Waals surface area contributed by atoms with Crippen LogP contribution < -0.4 is 10.5 Å². The Balaban J connectivity index is 1.59. The summed E-state index contributed by atoms with van der Waals surface area (Å²) >= 11 is 0. The molecule has 1 atom stereocenters. The number of aryl methyl sites for hydroxylation is 1. The normalized spacial score (nSPS) is 13.0. The lowest BCUT2D eigenvalue weighted by atomic mass is 10.1. The van der Waals surface area contributed by atoms with Gasteiger partial charge in [0.05, 0.1) is 27.6 Å². The van der Waals surface area contributed by atoms with Gasteiger partial charge in [0.25, 0.3) is 0 Å². The Kier molecular flexibility index (Phi) is 5.10. The predicted octanol–water partition coefficient (Wildman–Crippen LogP) is 2.61. The van der Waals surface area contributed by atoms with Gasteiger partial charge in [0.1, 0.15) is 11.3 Å². The largest absolute Gasteiger partial charge is 0.383 e. The lowest BCUT2D eigenvalue weighted by Crippen LogP contribution is -2.25. The molecule has 0 spiro atoms. The van der Waals surface area contributed by atoms with Crippen molar-refractivity contribution in [1.29, 1.82) is 0 Å². The molecule has 28 heavy (non-hydrogen) atoms. The Labute approximate surface area is 165 Å². The van der Waals surface area contributed by atoms with E-state index in [4.69, 9.17) is 10.8 Å². The van der Waals surface area contributed by atoms with E-state index in [1.165, 1.54) is 0 Å². The van der Waals surface area contributed by atoms with Gasteiger partial charge in [-0.1, -0.05) is 6.07 Å². The lowest BCUT2D eigenvalue weighted by molar-refractivity contribution is 0.577. The van der Waals surface area contributed by atoms with Gasteiger partial charge in [-0.15, -0.1) is 0 Å². The van der Waals surface area contributed by atoms with Crippen molar-refractivity contribution in [2.45, 2.75) is 32.1 Å². The fourth-order valence-corrected chi connectivity index (χ4v) is 3.78. The highest BCUT2D eigenvalue weighted by Gasteiger charge is 2.12. The molecule has 1 aromatic carbocycles. The summed E-state index contributed by atoms with van der Waals surface area (Å²) in [4.78, 5) is 4.56. The summed E-state index contributed by atoms with van der Waals surface area (Å²) in [5.74, 6) is 0.467. The van der Waals surface area contributed by atoms with E-state index < -0.39 is 11.0 Å². The molecule has 0 fully saturated rings. The fourth-order valence-electron chi connectivity index (χ4n) is 3.10. The number of H-pyrrole nitrogens is 1. The molecule has 0 aliphatic rings. The van der Waals surface area contributed by atoms with E-state index in [0.717, 1.165) is 39.5 Å². The molecular formula is C19H23N7OS. The van der Waals surface area contributed by atoms with E-state index in [1.54, 1.807) is 6.20 Å². The molecule has 0 saturated carbocycles. The summed E-state index contributed by atoms with van der Waals surface area (Å²) in [5, 5.41) is 13.6. The number of aromatic amines is 1. The number of aromatic nitrogens is 5. The quantitative estimate of drug-likeness (QED) is 0.415. The van der Waals surface area contributed by atoms with Crippen LogP contribution in [-0.4, -0.2) is 41.0 Å². The number of benzene rings is 1. The molecule has 4 rings (SSSR count). The first-order chi connectivity index (χ1) is 13.5. The monoisotopic (exact) mass is 397 g/mol. The Morgan fingerprint density at radius 2 is 2.14 bits per heavy atom. The molecule has 146 valence electrons. The number of nitrogen functional groups attached to an aromatic ring is 1. The molecular weight excluding hydrogens is 374 g/mol. The zero-order chi connectivity index (χ0) is 19.7. The van der Waals surface area contributed by atoms with Crippen LogP contribution >= 0.6 is 0 Å². The summed E-state index contributed by atoms with van der Waals surface area (Å²) in [6.45, 7) is 5.25. The molecule has 3 heterocycles. The van der Waals surface area contributed by atoms with E-state index in [2.05, 4.69) is 19.9 Å². The Hall–Kier alpha value is -2.78. The molecule has 0 bridgehead atoms. The van der Waals surface area contributed by atoms with Gasteiger partial charge in [0.2, 0.25) is 0 Å². The first kappa shape index (κ1) is 18.6. The minimum absolute atomic E-state index is 0.108. The topological polar surface area (TPSA) is 115 Å². The molecule has 0 amide bonds. The van der Waals surface area contributed by atoms with E-state index in [-0.39, 0.29) is 5.25 Å². The van der Waals surface area contributed by atoms with E-state index in [1.807, 2.05) is 49.0 Å². The van der Waals surface area contributed by atoms with Crippen molar-refractivity contribution in [3.63, 3.8) is 0 Å². The molecule has 0 aliphatic heterocycles. The van der Waals surface area contributed by atoms with Gasteiger partial charge in [0, 0.05) is 41.7 Å². The van der Waals surface area contributed by atoms with Crippen molar-refractivity contribution >= 4 is 38.6 Å². The summed E-state index contributed by atoms with van der Waals surface area (Å²) in [7, 11) is -0.998. The van der Waals surface area contributed by atoms with Crippen LogP contribution in [0.1, 0.15) is 20.3 Å². The van der Waals surface area contributed by atoms with Gasteiger partial charge in [-0.05, 0) is 38.5 Å². The third kappa shape index (κ3) is 3.63. The maximum absolute atomic E-state index is 11.7. The second-order valence-corrected chi connectivity index (χ2v) is 8.77. The highest BCUT2D eigenvalue weighted by molar-refractivity contribution is 7.83. The maximum Gasteiger partial charge on any atom is 0.135 e. The number of rotatable bonds is 7. The Bertz CT molecular complexity index is 1130. The minimum Gasteiger partial charge on any atom is -0.383 e. The number of hydrogen-bond acceptors (Lipinski definition) is 5. The number of anilines is 1. The molecule has 9 heteroatoms. The van der Waals surface area contributed by atoms with Gasteiger partial charge in [-0.25, -0.2) is 13.9 Å². The van der Waals surface area contributed by atoms with Gasteiger partial charge in [0.15, 0.2) is 0 Å². The lowest BCUT2D eigenvalue weighted by Gasteiger charge is -2.07. The van der Waals surface area contributed by atoms with E-state index in [9.17, 15) is 4.21 Å². The van der Waals surface area contributed by atoms with Crippen molar-refractivity contribution in [1.82, 2.24) is 29.7 Å². The van der Waals surface area contributed by atoms with Crippen LogP contribution in [0, 0.1) is 0 Å². The van der Waals surface area contributed by atoms with Crippen LogP contribution in [-0.2, 0) is 17.5 Å². The van der Waals surface area contributed by atoms with Crippen LogP contribution in [0.25, 0.3) is 33.1 Å². The van der Waals surface area contributed by atoms with Crippen LogP contribution in [0.2, 0.25) is 0 Å². The molecule has 4 aromatic rings. The van der Waals surface area contributed by atoms with E-state index in [0.29, 0.717) is 18.9 Å². The average Bonchev–Trinajstić information content (AvgIpc) is 3.35. The first-order valence-electron chi connectivity index (χ1n) is 9.23. The SMILES string of the molecule is CC(C)S(=O)NCCCn1cc2c(N)nc3cc(-c4ccn[nH]4)ccc3c2n1. The van der Waals surface area contributed by atoms with Gasteiger partial charge < -0.3 is 5.73 Å². The summed E-state index contributed by atoms with van der Waals surface area (Å²) in [5.41, 5.74) is 9.77. The smallest absolute Gasteiger partial charge is 0.135 e. The van der Waals surface area contributed by atoms with Gasteiger partial charge >= 0.3 is 0 Å². The fraction of sp³-hybridized carbons (Fsp3) is 0.316. The molecule has 3 aromatic heterocycles. The third-order valence-corrected chi connectivity index (χ3v) is 5.92. The van der Waals surface area contributed by atoms with E-state index >= 15 is 0 Å². The standard InChI is InChI=1S/C19H23N7OS/c1-12(2)28(27)22-7-3-9-26-11-15-18(25-26)14-5-4-13(16-6-8-21-24-16)10-17(14)23-19(15)20/h4-6,8,10-12,22H,3,7,9H2,1-2H3,(H2,20,23)(H,21,24). The van der Waals surface area contributed by atoms with Crippen LogP contribution in [0.15, 0.2) is 36.7 Å². The molecule has 1 unspecified atom stereocenters. The number of hydrogen-bond donors (Lipinski definition) is 3. The maximum atomic E-state index is 11.7. The predicted molar refractivity (Wildman–Crippen MR) is 113 cm³/mol.